The van der Waals surface area contributed by atoms with Gasteiger partial charge in [0.05, 0.1) is 26.4 Å². The Morgan fingerprint density at radius 2 is 1.61 bits per heavy atom. The van der Waals surface area contributed by atoms with Crippen LogP contribution >= 0.6 is 0 Å². The van der Waals surface area contributed by atoms with Crippen molar-refractivity contribution in [3.8, 4) is 11.5 Å². The van der Waals surface area contributed by atoms with E-state index in [-0.39, 0.29) is 12.1 Å². The fraction of sp³-hybridized carbons (Fsp3) is 0.571. The largest absolute Gasteiger partial charge is 0.497 e. The van der Waals surface area contributed by atoms with Crippen molar-refractivity contribution in [3.63, 3.8) is 0 Å². The van der Waals surface area contributed by atoms with Crippen molar-refractivity contribution in [1.29, 1.82) is 0 Å². The van der Waals surface area contributed by atoms with Gasteiger partial charge < -0.3 is 19.9 Å². The molecule has 0 heterocycles. The Labute approximate surface area is 109 Å². The lowest BCUT2D eigenvalue weighted by atomic mass is 10.00. The van der Waals surface area contributed by atoms with Crippen LogP contribution in [0.5, 0.6) is 11.5 Å². The Bertz CT molecular complexity index is 346. The Hall–Kier alpha value is -1.26. The zero-order chi connectivity index (χ0) is 13.5. The highest BCUT2D eigenvalue weighted by molar-refractivity contribution is 5.40. The third-order valence-electron chi connectivity index (χ3n) is 2.94. The predicted octanol–water partition coefficient (Wildman–Crippen LogP) is 2.52. The molecule has 0 aromatic heterocycles. The molecule has 4 nitrogen and oxygen atoms in total. The van der Waals surface area contributed by atoms with Crippen LogP contribution in [0.3, 0.4) is 0 Å². The van der Waals surface area contributed by atoms with E-state index in [1.54, 1.807) is 14.2 Å². The van der Waals surface area contributed by atoms with Gasteiger partial charge in [0.15, 0.2) is 0 Å². The van der Waals surface area contributed by atoms with Crippen LogP contribution in [-0.2, 0) is 4.74 Å². The molecule has 0 amide bonds. The smallest absolute Gasteiger partial charge is 0.122 e. The molecule has 18 heavy (non-hydrogen) atoms. The molecule has 0 saturated heterocycles. The van der Waals surface area contributed by atoms with Crippen molar-refractivity contribution >= 4 is 0 Å². The molecule has 2 atom stereocenters. The topological polar surface area (TPSA) is 53.7 Å². The monoisotopic (exact) mass is 253 g/mol. The van der Waals surface area contributed by atoms with Gasteiger partial charge in [-0.05, 0) is 31.0 Å². The van der Waals surface area contributed by atoms with E-state index < -0.39 is 0 Å². The second-order valence-corrected chi connectivity index (χ2v) is 4.07. The molecule has 1 aromatic carbocycles. The van der Waals surface area contributed by atoms with Crippen molar-refractivity contribution < 1.29 is 14.2 Å². The summed E-state index contributed by atoms with van der Waals surface area (Å²) in [6.07, 6.45) is 0.876. The molecule has 0 aliphatic carbocycles. The quantitative estimate of drug-likeness (QED) is 0.811. The maximum atomic E-state index is 6.25. The van der Waals surface area contributed by atoms with E-state index in [0.717, 1.165) is 23.5 Å². The summed E-state index contributed by atoms with van der Waals surface area (Å²) < 4.78 is 16.1. The molecule has 1 aromatic rings. The summed E-state index contributed by atoms with van der Waals surface area (Å²) in [5, 5.41) is 0. The fourth-order valence-corrected chi connectivity index (χ4v) is 1.93. The first kappa shape index (κ1) is 14.8. The highest BCUT2D eigenvalue weighted by atomic mass is 16.5. The zero-order valence-electron chi connectivity index (χ0n) is 11.6. The first-order valence-electron chi connectivity index (χ1n) is 6.26. The number of benzene rings is 1. The van der Waals surface area contributed by atoms with Crippen molar-refractivity contribution in [1.82, 2.24) is 0 Å². The Balaban J connectivity index is 2.98. The molecule has 0 fully saturated rings. The maximum absolute atomic E-state index is 6.25. The van der Waals surface area contributed by atoms with E-state index >= 15 is 0 Å². The van der Waals surface area contributed by atoms with Gasteiger partial charge in [-0.2, -0.15) is 0 Å². The summed E-state index contributed by atoms with van der Waals surface area (Å²) >= 11 is 0. The van der Waals surface area contributed by atoms with E-state index in [9.17, 15) is 0 Å². The fourth-order valence-electron chi connectivity index (χ4n) is 1.93. The molecule has 0 saturated carbocycles. The van der Waals surface area contributed by atoms with Crippen LogP contribution in [-0.4, -0.2) is 26.9 Å². The third kappa shape index (κ3) is 3.62. The first-order chi connectivity index (χ1) is 8.65. The van der Waals surface area contributed by atoms with Gasteiger partial charge >= 0.3 is 0 Å². The highest BCUT2D eigenvalue weighted by Crippen LogP contribution is 2.28. The second-order valence-electron chi connectivity index (χ2n) is 4.07. The number of ether oxygens (including phenoxy) is 3. The molecular formula is C14H23NO3. The van der Waals surface area contributed by atoms with Gasteiger partial charge in [-0.3, -0.25) is 0 Å². The Morgan fingerprint density at radius 1 is 1.06 bits per heavy atom. The summed E-state index contributed by atoms with van der Waals surface area (Å²) in [5.74, 6) is 1.48. The number of rotatable bonds is 7. The van der Waals surface area contributed by atoms with Crippen LogP contribution in [0.1, 0.15) is 31.9 Å². The zero-order valence-corrected chi connectivity index (χ0v) is 11.6. The lowest BCUT2D eigenvalue weighted by molar-refractivity contribution is 0.0413. The van der Waals surface area contributed by atoms with Crippen molar-refractivity contribution in [3.05, 3.63) is 23.8 Å². The van der Waals surface area contributed by atoms with E-state index in [0.29, 0.717) is 6.61 Å². The van der Waals surface area contributed by atoms with Crippen LogP contribution in [0.25, 0.3) is 0 Å². The Kier molecular flexibility index (Phi) is 5.95. The molecule has 0 bridgehead atoms. The first-order valence-corrected chi connectivity index (χ1v) is 6.26. The molecule has 1 rings (SSSR count). The van der Waals surface area contributed by atoms with Crippen LogP contribution in [0, 0.1) is 0 Å². The van der Waals surface area contributed by atoms with Gasteiger partial charge in [-0.15, -0.1) is 0 Å². The van der Waals surface area contributed by atoms with E-state index in [4.69, 9.17) is 19.9 Å². The minimum atomic E-state index is -0.182. The standard InChI is InChI=1S/C14H23NO3/c1-5-13(18-6-2)14(15)10-7-11(16-3)9-12(8-10)17-4/h7-9,13-14H,5-6,15H2,1-4H3. The molecule has 0 aliphatic rings. The van der Waals surface area contributed by atoms with Crippen LogP contribution in [0.15, 0.2) is 18.2 Å². The number of methoxy groups -OCH3 is 2. The normalized spacial score (nSPS) is 14.1. The van der Waals surface area contributed by atoms with Gasteiger partial charge in [0, 0.05) is 12.7 Å². The van der Waals surface area contributed by atoms with Gasteiger partial charge in [0.25, 0.3) is 0 Å². The van der Waals surface area contributed by atoms with E-state index in [2.05, 4.69) is 6.92 Å². The predicted molar refractivity (Wildman–Crippen MR) is 72.2 cm³/mol. The summed E-state index contributed by atoms with van der Waals surface area (Å²) in [6.45, 7) is 4.70. The van der Waals surface area contributed by atoms with Crippen LogP contribution in [0.4, 0.5) is 0 Å². The number of hydrogen-bond donors (Lipinski definition) is 1. The van der Waals surface area contributed by atoms with Gasteiger partial charge in [0.2, 0.25) is 0 Å². The van der Waals surface area contributed by atoms with E-state index in [1.807, 2.05) is 25.1 Å². The number of hydrogen-bond acceptors (Lipinski definition) is 4. The molecule has 102 valence electrons. The SMILES string of the molecule is CCOC(CC)C(N)c1cc(OC)cc(OC)c1. The highest BCUT2D eigenvalue weighted by Gasteiger charge is 2.19. The molecule has 2 unspecified atom stereocenters. The number of nitrogens with two attached hydrogens (primary N) is 1. The molecule has 0 aliphatic heterocycles. The Morgan fingerprint density at radius 3 is 2.00 bits per heavy atom. The molecule has 0 spiro atoms. The van der Waals surface area contributed by atoms with Gasteiger partial charge in [-0.1, -0.05) is 6.92 Å². The van der Waals surface area contributed by atoms with Crippen molar-refractivity contribution in [2.45, 2.75) is 32.4 Å². The maximum Gasteiger partial charge on any atom is 0.122 e. The van der Waals surface area contributed by atoms with Gasteiger partial charge in [-0.25, -0.2) is 0 Å². The van der Waals surface area contributed by atoms with Gasteiger partial charge in [0.1, 0.15) is 11.5 Å². The lowest BCUT2D eigenvalue weighted by Gasteiger charge is -2.23. The average Bonchev–Trinajstić information content (AvgIpc) is 2.43. The minimum absolute atomic E-state index is 0.00631. The lowest BCUT2D eigenvalue weighted by Crippen LogP contribution is -2.28. The summed E-state index contributed by atoms with van der Waals surface area (Å²) in [7, 11) is 3.26. The summed E-state index contributed by atoms with van der Waals surface area (Å²) in [5.41, 5.74) is 7.21. The van der Waals surface area contributed by atoms with Crippen molar-refractivity contribution in [2.24, 2.45) is 5.73 Å². The molecular weight excluding hydrogens is 230 g/mol. The van der Waals surface area contributed by atoms with Crippen molar-refractivity contribution in [2.75, 3.05) is 20.8 Å². The second kappa shape index (κ2) is 7.24. The van der Waals surface area contributed by atoms with Crippen LogP contribution in [0.2, 0.25) is 0 Å². The third-order valence-corrected chi connectivity index (χ3v) is 2.94. The molecule has 2 N–H and O–H groups in total. The summed E-state index contributed by atoms with van der Waals surface area (Å²) in [4.78, 5) is 0. The van der Waals surface area contributed by atoms with Crippen LogP contribution < -0.4 is 15.2 Å². The minimum Gasteiger partial charge on any atom is -0.497 e. The summed E-state index contributed by atoms with van der Waals surface area (Å²) in [6, 6.07) is 5.50. The average molecular weight is 253 g/mol. The van der Waals surface area contributed by atoms with E-state index in [1.165, 1.54) is 0 Å². The molecule has 4 heteroatoms. The molecule has 0 radical (unpaired) electrons.